The van der Waals surface area contributed by atoms with Gasteiger partial charge in [-0.3, -0.25) is 14.6 Å². The molecule has 0 unspecified atom stereocenters. The van der Waals surface area contributed by atoms with E-state index in [2.05, 4.69) is 45.6 Å². The smallest absolute Gasteiger partial charge is 0.266 e. The largest absolute Gasteiger partial charge is 0.299 e. The lowest BCUT2D eigenvalue weighted by atomic mass is 9.85. The summed E-state index contributed by atoms with van der Waals surface area (Å²) in [5.41, 5.74) is 2.08. The van der Waals surface area contributed by atoms with Gasteiger partial charge in [0.15, 0.2) is 0 Å². The Kier molecular flexibility index (Phi) is 6.29. The van der Waals surface area contributed by atoms with E-state index in [0.717, 1.165) is 50.8 Å². The first-order chi connectivity index (χ1) is 14.4. The van der Waals surface area contributed by atoms with Crippen LogP contribution in [-0.2, 0) is 18.5 Å². The van der Waals surface area contributed by atoms with Gasteiger partial charge < -0.3 is 0 Å². The minimum Gasteiger partial charge on any atom is -0.299 e. The molecule has 162 valence electrons. The molecule has 0 aromatic carbocycles. The third kappa shape index (κ3) is 5.13. The molecule has 2 aromatic rings. The number of rotatable bonds is 6. The highest BCUT2D eigenvalue weighted by Crippen LogP contribution is 2.33. The third-order valence-electron chi connectivity index (χ3n) is 6.33. The van der Waals surface area contributed by atoms with E-state index in [-0.39, 0.29) is 11.0 Å². The van der Waals surface area contributed by atoms with Crippen molar-refractivity contribution in [1.29, 1.82) is 0 Å². The predicted molar refractivity (Wildman–Crippen MR) is 118 cm³/mol. The van der Waals surface area contributed by atoms with Gasteiger partial charge in [-0.25, -0.2) is 14.6 Å². The molecule has 3 heterocycles. The highest BCUT2D eigenvalue weighted by Gasteiger charge is 2.22. The Morgan fingerprint density at radius 1 is 0.967 bits per heavy atom. The van der Waals surface area contributed by atoms with E-state index >= 15 is 0 Å². The maximum atomic E-state index is 12.2. The zero-order valence-electron chi connectivity index (χ0n) is 18.5. The van der Waals surface area contributed by atoms with Crippen LogP contribution in [0.2, 0.25) is 0 Å². The van der Waals surface area contributed by atoms with Crippen molar-refractivity contribution in [3.8, 4) is 0 Å². The summed E-state index contributed by atoms with van der Waals surface area (Å²) in [5.74, 6) is 1.61. The quantitative estimate of drug-likeness (QED) is 0.729. The fourth-order valence-corrected chi connectivity index (χ4v) is 4.00. The SMILES string of the molecule is CC(C)(C)c1ccc(=O)n(CCN2CCN(Cc3cnc(C4CCC4)nc3)CC2)n1. The highest BCUT2D eigenvalue weighted by atomic mass is 16.1. The first-order valence-electron chi connectivity index (χ1n) is 11.2. The molecule has 2 aliphatic rings. The Morgan fingerprint density at radius 2 is 1.63 bits per heavy atom. The van der Waals surface area contributed by atoms with Crippen molar-refractivity contribution >= 4 is 0 Å². The summed E-state index contributed by atoms with van der Waals surface area (Å²) in [5, 5.41) is 4.58. The van der Waals surface area contributed by atoms with Gasteiger partial charge >= 0.3 is 0 Å². The molecule has 2 fully saturated rings. The molecule has 7 heteroatoms. The standard InChI is InChI=1S/C23H34N6O/c1-23(2,3)20-7-8-21(30)29(26-20)14-13-27-9-11-28(12-10-27)17-18-15-24-22(25-16-18)19-5-4-6-19/h7-8,15-16,19H,4-6,9-14,17H2,1-3H3. The monoisotopic (exact) mass is 410 g/mol. The summed E-state index contributed by atoms with van der Waals surface area (Å²) in [7, 11) is 0. The Hall–Kier alpha value is -2.12. The molecular formula is C23H34N6O. The van der Waals surface area contributed by atoms with E-state index in [4.69, 9.17) is 0 Å². The Bertz CT molecular complexity index is 889. The molecule has 0 N–H and O–H groups in total. The lowest BCUT2D eigenvalue weighted by molar-refractivity contribution is 0.122. The molecule has 4 rings (SSSR count). The van der Waals surface area contributed by atoms with Crippen molar-refractivity contribution in [3.05, 3.63) is 52.0 Å². The molecule has 1 saturated heterocycles. The van der Waals surface area contributed by atoms with E-state index in [1.54, 1.807) is 10.7 Å². The molecule has 2 aromatic heterocycles. The first kappa shape index (κ1) is 21.1. The summed E-state index contributed by atoms with van der Waals surface area (Å²) in [4.78, 5) is 26.2. The zero-order valence-corrected chi connectivity index (χ0v) is 18.5. The summed E-state index contributed by atoms with van der Waals surface area (Å²) in [6, 6.07) is 3.49. The highest BCUT2D eigenvalue weighted by molar-refractivity contribution is 5.11. The Morgan fingerprint density at radius 3 is 2.23 bits per heavy atom. The van der Waals surface area contributed by atoms with Crippen LogP contribution in [0.3, 0.4) is 0 Å². The van der Waals surface area contributed by atoms with Gasteiger partial charge in [-0.05, 0) is 18.9 Å². The topological polar surface area (TPSA) is 67.2 Å². The molecule has 0 spiro atoms. The van der Waals surface area contributed by atoms with Gasteiger partial charge in [0.25, 0.3) is 5.56 Å². The summed E-state index contributed by atoms with van der Waals surface area (Å²) < 4.78 is 1.62. The Balaban J connectivity index is 1.24. The summed E-state index contributed by atoms with van der Waals surface area (Å²) in [6.45, 7) is 12.8. The van der Waals surface area contributed by atoms with Crippen molar-refractivity contribution in [3.63, 3.8) is 0 Å². The lowest BCUT2D eigenvalue weighted by Crippen LogP contribution is -2.47. The van der Waals surface area contributed by atoms with Gasteiger partial charge in [-0.15, -0.1) is 0 Å². The van der Waals surface area contributed by atoms with E-state index < -0.39 is 0 Å². The van der Waals surface area contributed by atoms with Gasteiger partial charge in [0.1, 0.15) is 5.82 Å². The normalized spacial score (nSPS) is 19.0. The van der Waals surface area contributed by atoms with Crippen molar-refractivity contribution in [2.45, 2.75) is 64.5 Å². The average Bonchev–Trinajstić information content (AvgIpc) is 2.68. The van der Waals surface area contributed by atoms with Gasteiger partial charge in [0.2, 0.25) is 0 Å². The van der Waals surface area contributed by atoms with Crippen LogP contribution in [0, 0.1) is 0 Å². The van der Waals surface area contributed by atoms with Crippen LogP contribution in [0.1, 0.15) is 63.0 Å². The molecular weight excluding hydrogens is 376 g/mol. The van der Waals surface area contributed by atoms with Crippen molar-refractivity contribution < 1.29 is 0 Å². The van der Waals surface area contributed by atoms with E-state index in [1.807, 2.05) is 18.5 Å². The number of aromatic nitrogens is 4. The van der Waals surface area contributed by atoms with E-state index in [1.165, 1.54) is 24.8 Å². The number of hydrogen-bond donors (Lipinski definition) is 0. The van der Waals surface area contributed by atoms with Crippen LogP contribution in [0.25, 0.3) is 0 Å². The summed E-state index contributed by atoms with van der Waals surface area (Å²) in [6.07, 6.45) is 7.81. The van der Waals surface area contributed by atoms with Gasteiger partial charge in [0.05, 0.1) is 12.2 Å². The minimum atomic E-state index is -0.0547. The van der Waals surface area contributed by atoms with Crippen LogP contribution in [-0.4, -0.2) is 62.3 Å². The second kappa shape index (κ2) is 8.94. The molecule has 30 heavy (non-hydrogen) atoms. The van der Waals surface area contributed by atoms with Crippen LogP contribution >= 0.6 is 0 Å². The van der Waals surface area contributed by atoms with Gasteiger partial charge in [-0.2, -0.15) is 5.10 Å². The molecule has 0 amide bonds. The van der Waals surface area contributed by atoms with E-state index in [0.29, 0.717) is 12.5 Å². The predicted octanol–water partition coefficient (Wildman–Crippen LogP) is 2.42. The van der Waals surface area contributed by atoms with Gasteiger partial charge in [0, 0.05) is 74.6 Å². The zero-order chi connectivity index (χ0) is 21.1. The lowest BCUT2D eigenvalue weighted by Gasteiger charge is -2.34. The number of nitrogens with zero attached hydrogens (tertiary/aromatic N) is 6. The van der Waals surface area contributed by atoms with Crippen molar-refractivity contribution in [2.75, 3.05) is 32.7 Å². The van der Waals surface area contributed by atoms with Gasteiger partial charge in [-0.1, -0.05) is 27.2 Å². The summed E-state index contributed by atoms with van der Waals surface area (Å²) >= 11 is 0. The molecule has 0 radical (unpaired) electrons. The van der Waals surface area contributed by atoms with Crippen molar-refractivity contribution in [1.82, 2.24) is 29.5 Å². The molecule has 0 atom stereocenters. The molecule has 1 aliphatic heterocycles. The molecule has 1 aliphatic carbocycles. The fourth-order valence-electron chi connectivity index (χ4n) is 4.00. The van der Waals surface area contributed by atoms with Crippen LogP contribution in [0.4, 0.5) is 0 Å². The second-order valence-corrected chi connectivity index (χ2v) is 9.73. The maximum absolute atomic E-state index is 12.2. The second-order valence-electron chi connectivity index (χ2n) is 9.73. The average molecular weight is 411 g/mol. The molecule has 1 saturated carbocycles. The first-order valence-corrected chi connectivity index (χ1v) is 11.2. The minimum absolute atomic E-state index is 0.0213. The number of hydrogen-bond acceptors (Lipinski definition) is 6. The van der Waals surface area contributed by atoms with Crippen LogP contribution in [0.15, 0.2) is 29.3 Å². The van der Waals surface area contributed by atoms with Crippen molar-refractivity contribution in [2.24, 2.45) is 0 Å². The van der Waals surface area contributed by atoms with Crippen LogP contribution in [0.5, 0.6) is 0 Å². The maximum Gasteiger partial charge on any atom is 0.266 e. The van der Waals surface area contributed by atoms with E-state index in [9.17, 15) is 4.79 Å². The molecule has 7 nitrogen and oxygen atoms in total. The Labute approximate surface area is 179 Å². The molecule has 0 bridgehead atoms. The number of piperazine rings is 1. The third-order valence-corrected chi connectivity index (χ3v) is 6.33. The fraction of sp³-hybridized carbons (Fsp3) is 0.652. The van der Waals surface area contributed by atoms with Crippen LogP contribution < -0.4 is 5.56 Å².